The molecule has 112 valence electrons. The minimum Gasteiger partial charge on any atom is -0.508 e. The SMILES string of the molecule is CCOc1cc(O)cc(-c2ccno2)c1-c1ncccc1C. The van der Waals surface area contributed by atoms with Gasteiger partial charge < -0.3 is 14.4 Å². The van der Waals surface area contributed by atoms with Gasteiger partial charge in [-0.25, -0.2) is 0 Å². The van der Waals surface area contributed by atoms with Gasteiger partial charge in [-0.15, -0.1) is 0 Å². The Morgan fingerprint density at radius 3 is 2.77 bits per heavy atom. The molecule has 0 aliphatic rings. The van der Waals surface area contributed by atoms with Gasteiger partial charge in [0.2, 0.25) is 0 Å². The number of ether oxygens (including phenoxy) is 1. The predicted octanol–water partition coefficient (Wildman–Crippen LogP) is 3.82. The number of aryl methyl sites for hydroxylation is 1. The first-order chi connectivity index (χ1) is 10.7. The molecule has 0 atom stereocenters. The lowest BCUT2D eigenvalue weighted by Crippen LogP contribution is -1.98. The van der Waals surface area contributed by atoms with Crippen LogP contribution in [0, 0.1) is 6.92 Å². The van der Waals surface area contributed by atoms with Crippen molar-refractivity contribution in [1.29, 1.82) is 0 Å². The van der Waals surface area contributed by atoms with Gasteiger partial charge in [0.25, 0.3) is 0 Å². The van der Waals surface area contributed by atoms with Crippen LogP contribution in [0.4, 0.5) is 0 Å². The quantitative estimate of drug-likeness (QED) is 0.792. The number of rotatable bonds is 4. The maximum atomic E-state index is 10.00. The van der Waals surface area contributed by atoms with Crippen LogP contribution in [0.5, 0.6) is 11.5 Å². The summed E-state index contributed by atoms with van der Waals surface area (Å²) in [5.41, 5.74) is 3.28. The summed E-state index contributed by atoms with van der Waals surface area (Å²) >= 11 is 0. The fraction of sp³-hybridized carbons (Fsp3) is 0.176. The van der Waals surface area contributed by atoms with Crippen LogP contribution in [0.2, 0.25) is 0 Å². The molecule has 0 spiro atoms. The van der Waals surface area contributed by atoms with Crippen molar-refractivity contribution in [3.8, 4) is 34.1 Å². The number of hydrogen-bond donors (Lipinski definition) is 1. The third-order valence-electron chi connectivity index (χ3n) is 3.34. The average Bonchev–Trinajstić information content (AvgIpc) is 3.02. The minimum atomic E-state index is 0.104. The third-order valence-corrected chi connectivity index (χ3v) is 3.34. The Hall–Kier alpha value is -2.82. The van der Waals surface area contributed by atoms with Gasteiger partial charge in [-0.2, -0.15) is 0 Å². The van der Waals surface area contributed by atoms with Gasteiger partial charge in [0.05, 0.1) is 24.1 Å². The summed E-state index contributed by atoms with van der Waals surface area (Å²) in [4.78, 5) is 4.47. The highest BCUT2D eigenvalue weighted by Crippen LogP contribution is 2.42. The summed E-state index contributed by atoms with van der Waals surface area (Å²) in [5.74, 6) is 1.22. The molecule has 0 saturated carbocycles. The molecule has 5 nitrogen and oxygen atoms in total. The molecule has 2 aromatic heterocycles. The topological polar surface area (TPSA) is 68.4 Å². The van der Waals surface area contributed by atoms with E-state index in [4.69, 9.17) is 9.26 Å². The lowest BCUT2D eigenvalue weighted by Gasteiger charge is -2.15. The van der Waals surface area contributed by atoms with Gasteiger partial charge in [0, 0.05) is 23.9 Å². The van der Waals surface area contributed by atoms with E-state index in [0.717, 1.165) is 16.8 Å². The van der Waals surface area contributed by atoms with Crippen LogP contribution in [0.3, 0.4) is 0 Å². The molecule has 0 saturated heterocycles. The number of benzene rings is 1. The Bertz CT molecular complexity index is 783. The van der Waals surface area contributed by atoms with Crippen LogP contribution in [0.15, 0.2) is 47.2 Å². The van der Waals surface area contributed by atoms with Crippen LogP contribution in [-0.2, 0) is 0 Å². The molecule has 0 aliphatic carbocycles. The van der Waals surface area contributed by atoms with E-state index in [-0.39, 0.29) is 5.75 Å². The fourth-order valence-electron chi connectivity index (χ4n) is 2.41. The number of phenolic OH excluding ortho intramolecular Hbond substituents is 1. The molecule has 0 unspecified atom stereocenters. The molecule has 0 fully saturated rings. The fourth-order valence-corrected chi connectivity index (χ4v) is 2.41. The largest absolute Gasteiger partial charge is 0.508 e. The molecule has 0 radical (unpaired) electrons. The summed E-state index contributed by atoms with van der Waals surface area (Å²) in [6.07, 6.45) is 3.30. The van der Waals surface area contributed by atoms with Gasteiger partial charge in [-0.05, 0) is 31.5 Å². The second-order valence-corrected chi connectivity index (χ2v) is 4.85. The molecule has 3 rings (SSSR count). The molecule has 1 N–H and O–H groups in total. The molecular weight excluding hydrogens is 280 g/mol. The van der Waals surface area contributed by atoms with E-state index in [0.29, 0.717) is 23.7 Å². The molecule has 2 heterocycles. The molecule has 3 aromatic rings. The number of aromatic hydroxyl groups is 1. The number of nitrogens with zero attached hydrogens (tertiary/aromatic N) is 2. The molecule has 0 amide bonds. The summed E-state index contributed by atoms with van der Waals surface area (Å²) in [6, 6.07) is 8.83. The summed E-state index contributed by atoms with van der Waals surface area (Å²) in [7, 11) is 0. The van der Waals surface area contributed by atoms with E-state index in [1.165, 1.54) is 0 Å². The predicted molar refractivity (Wildman–Crippen MR) is 82.7 cm³/mol. The zero-order valence-electron chi connectivity index (χ0n) is 12.4. The Kier molecular flexibility index (Phi) is 3.78. The van der Waals surface area contributed by atoms with Crippen molar-refractivity contribution in [3.63, 3.8) is 0 Å². The Morgan fingerprint density at radius 2 is 2.09 bits per heavy atom. The molecule has 0 aliphatic heterocycles. The maximum absolute atomic E-state index is 10.00. The summed E-state index contributed by atoms with van der Waals surface area (Å²) in [6.45, 7) is 4.36. The van der Waals surface area contributed by atoms with Crippen molar-refractivity contribution in [2.45, 2.75) is 13.8 Å². The van der Waals surface area contributed by atoms with E-state index in [9.17, 15) is 5.11 Å². The van der Waals surface area contributed by atoms with Gasteiger partial charge in [0.1, 0.15) is 11.5 Å². The lowest BCUT2D eigenvalue weighted by atomic mass is 9.97. The number of pyridine rings is 1. The molecular formula is C17H16N2O3. The van der Waals surface area contributed by atoms with E-state index >= 15 is 0 Å². The second kappa shape index (κ2) is 5.89. The number of aromatic nitrogens is 2. The van der Waals surface area contributed by atoms with Gasteiger partial charge in [-0.3, -0.25) is 4.98 Å². The first-order valence-electron chi connectivity index (χ1n) is 7.03. The zero-order valence-corrected chi connectivity index (χ0v) is 12.4. The standard InChI is InChI=1S/C17H16N2O3/c1-3-21-15-10-12(20)9-13(14-6-8-19-22-14)16(15)17-11(2)5-4-7-18-17/h4-10,20H,3H2,1-2H3. The third kappa shape index (κ3) is 2.53. The Morgan fingerprint density at radius 1 is 1.23 bits per heavy atom. The van der Waals surface area contributed by atoms with Crippen molar-refractivity contribution in [3.05, 3.63) is 48.3 Å². The molecule has 5 heteroatoms. The van der Waals surface area contributed by atoms with Gasteiger partial charge >= 0.3 is 0 Å². The normalized spacial score (nSPS) is 10.6. The summed E-state index contributed by atoms with van der Waals surface area (Å²) in [5, 5.41) is 13.7. The van der Waals surface area contributed by atoms with Crippen LogP contribution in [0.25, 0.3) is 22.6 Å². The molecule has 22 heavy (non-hydrogen) atoms. The highest BCUT2D eigenvalue weighted by atomic mass is 16.5. The summed E-state index contributed by atoms with van der Waals surface area (Å²) < 4.78 is 11.0. The smallest absolute Gasteiger partial charge is 0.167 e. The molecule has 1 aromatic carbocycles. The second-order valence-electron chi connectivity index (χ2n) is 4.85. The van der Waals surface area contributed by atoms with Gasteiger partial charge in [0.15, 0.2) is 5.76 Å². The van der Waals surface area contributed by atoms with Crippen LogP contribution in [-0.4, -0.2) is 21.9 Å². The highest BCUT2D eigenvalue weighted by Gasteiger charge is 2.20. The van der Waals surface area contributed by atoms with E-state index in [1.54, 1.807) is 30.6 Å². The highest BCUT2D eigenvalue weighted by molar-refractivity contribution is 5.86. The van der Waals surface area contributed by atoms with Crippen molar-refractivity contribution in [2.75, 3.05) is 6.61 Å². The number of phenols is 1. The van der Waals surface area contributed by atoms with Crippen LogP contribution in [0.1, 0.15) is 12.5 Å². The van der Waals surface area contributed by atoms with E-state index in [1.807, 2.05) is 26.0 Å². The Balaban J connectivity index is 2.32. The van der Waals surface area contributed by atoms with E-state index < -0.39 is 0 Å². The Labute approximate surface area is 128 Å². The van der Waals surface area contributed by atoms with Crippen LogP contribution >= 0.6 is 0 Å². The number of hydrogen-bond acceptors (Lipinski definition) is 5. The van der Waals surface area contributed by atoms with Crippen molar-refractivity contribution in [2.24, 2.45) is 0 Å². The van der Waals surface area contributed by atoms with Gasteiger partial charge in [-0.1, -0.05) is 11.2 Å². The van der Waals surface area contributed by atoms with Crippen molar-refractivity contribution < 1.29 is 14.4 Å². The lowest BCUT2D eigenvalue weighted by molar-refractivity contribution is 0.339. The van der Waals surface area contributed by atoms with Crippen molar-refractivity contribution >= 4 is 0 Å². The average molecular weight is 296 g/mol. The van der Waals surface area contributed by atoms with Crippen molar-refractivity contribution in [1.82, 2.24) is 10.1 Å². The molecule has 0 bridgehead atoms. The minimum absolute atomic E-state index is 0.104. The maximum Gasteiger partial charge on any atom is 0.167 e. The monoisotopic (exact) mass is 296 g/mol. The van der Waals surface area contributed by atoms with Crippen LogP contribution < -0.4 is 4.74 Å². The first kappa shape index (κ1) is 14.1. The first-order valence-corrected chi connectivity index (χ1v) is 7.03. The zero-order chi connectivity index (χ0) is 15.5. The van der Waals surface area contributed by atoms with E-state index in [2.05, 4.69) is 10.1 Å².